The van der Waals surface area contributed by atoms with Gasteiger partial charge in [-0.1, -0.05) is 54.1 Å². The highest BCUT2D eigenvalue weighted by atomic mass is 16.3. The van der Waals surface area contributed by atoms with Gasteiger partial charge in [0.2, 0.25) is 5.78 Å². The van der Waals surface area contributed by atoms with Crippen LogP contribution < -0.4 is 5.56 Å². The zero-order chi connectivity index (χ0) is 20.0. The summed E-state index contributed by atoms with van der Waals surface area (Å²) in [6, 6.07) is 22.4. The Hall–Kier alpha value is -3.93. The molecule has 0 unspecified atom stereocenters. The number of hydrogen-bond donors (Lipinski definition) is 1. The number of hydrogen-bond acceptors (Lipinski definition) is 4. The van der Waals surface area contributed by atoms with Gasteiger partial charge < -0.3 is 5.11 Å². The average Bonchev–Trinajstić information content (AvgIpc) is 3.18. The molecule has 0 amide bonds. The van der Waals surface area contributed by atoms with Crippen molar-refractivity contribution < 1.29 is 5.11 Å². The molecule has 0 aliphatic heterocycles. The molecule has 0 atom stereocenters. The fourth-order valence-corrected chi connectivity index (χ4v) is 3.61. The van der Waals surface area contributed by atoms with E-state index in [1.165, 1.54) is 0 Å². The molecule has 0 bridgehead atoms. The zero-order valence-electron chi connectivity index (χ0n) is 15.8. The van der Waals surface area contributed by atoms with Crippen LogP contribution in [0.4, 0.5) is 0 Å². The topological polar surface area (TPSA) is 72.4 Å². The summed E-state index contributed by atoms with van der Waals surface area (Å²) in [5, 5.41) is 19.6. The van der Waals surface area contributed by atoms with Crippen molar-refractivity contribution >= 4 is 16.7 Å². The van der Waals surface area contributed by atoms with Crippen molar-refractivity contribution in [2.24, 2.45) is 0 Å². The molecular formula is C23H18N4O2. The van der Waals surface area contributed by atoms with E-state index in [1.807, 2.05) is 59.9 Å². The number of aryl methyl sites for hydroxylation is 1. The highest BCUT2D eigenvalue weighted by Crippen LogP contribution is 2.29. The zero-order valence-corrected chi connectivity index (χ0v) is 15.8. The predicted octanol–water partition coefficient (Wildman–Crippen LogP) is 3.77. The van der Waals surface area contributed by atoms with E-state index in [0.717, 1.165) is 11.1 Å². The molecule has 2 aromatic heterocycles. The van der Waals surface area contributed by atoms with Crippen molar-refractivity contribution in [2.45, 2.75) is 13.5 Å². The summed E-state index contributed by atoms with van der Waals surface area (Å²) in [6.45, 7) is 2.41. The molecule has 0 radical (unpaired) electrons. The summed E-state index contributed by atoms with van der Waals surface area (Å²) in [6.07, 6.45) is 0. The highest BCUT2D eigenvalue weighted by molar-refractivity contribution is 5.83. The summed E-state index contributed by atoms with van der Waals surface area (Å²) in [5.74, 6) is 1.04. The van der Waals surface area contributed by atoms with E-state index in [-0.39, 0.29) is 11.3 Å². The van der Waals surface area contributed by atoms with Gasteiger partial charge in [-0.2, -0.15) is 0 Å². The van der Waals surface area contributed by atoms with Crippen LogP contribution in [0.5, 0.6) is 5.75 Å². The largest absolute Gasteiger partial charge is 0.507 e. The molecule has 1 N–H and O–H groups in total. The van der Waals surface area contributed by atoms with E-state index in [0.29, 0.717) is 34.6 Å². The lowest BCUT2D eigenvalue weighted by atomic mass is 10.1. The molecule has 5 rings (SSSR count). The van der Waals surface area contributed by atoms with Crippen molar-refractivity contribution in [1.29, 1.82) is 0 Å². The van der Waals surface area contributed by atoms with Gasteiger partial charge in [-0.25, -0.2) is 0 Å². The molecule has 6 nitrogen and oxygen atoms in total. The maximum Gasteiger partial charge on any atom is 0.263 e. The smallest absolute Gasteiger partial charge is 0.263 e. The molecular weight excluding hydrogens is 364 g/mol. The third-order valence-electron chi connectivity index (χ3n) is 5.11. The van der Waals surface area contributed by atoms with Crippen molar-refractivity contribution in [1.82, 2.24) is 19.2 Å². The molecule has 0 spiro atoms. The van der Waals surface area contributed by atoms with Crippen LogP contribution in [0.15, 0.2) is 77.6 Å². The molecule has 6 heteroatoms. The van der Waals surface area contributed by atoms with Gasteiger partial charge >= 0.3 is 0 Å². The first-order chi connectivity index (χ1) is 14.1. The maximum atomic E-state index is 13.3. The van der Waals surface area contributed by atoms with E-state index in [2.05, 4.69) is 10.2 Å². The minimum atomic E-state index is -0.120. The molecule has 0 fully saturated rings. The van der Waals surface area contributed by atoms with Gasteiger partial charge in [0.1, 0.15) is 5.75 Å². The van der Waals surface area contributed by atoms with Crippen LogP contribution >= 0.6 is 0 Å². The normalized spacial score (nSPS) is 11.3. The molecule has 0 saturated carbocycles. The van der Waals surface area contributed by atoms with Gasteiger partial charge in [0.25, 0.3) is 5.56 Å². The molecule has 5 aromatic rings. The van der Waals surface area contributed by atoms with Gasteiger partial charge in [0.15, 0.2) is 5.82 Å². The van der Waals surface area contributed by atoms with Crippen molar-refractivity contribution in [3.8, 4) is 17.1 Å². The molecule has 142 valence electrons. The van der Waals surface area contributed by atoms with Crippen molar-refractivity contribution in [3.63, 3.8) is 0 Å². The van der Waals surface area contributed by atoms with Crippen LogP contribution in [0, 0.1) is 6.92 Å². The lowest BCUT2D eigenvalue weighted by Gasteiger charge is -2.12. The highest BCUT2D eigenvalue weighted by Gasteiger charge is 2.19. The monoisotopic (exact) mass is 382 g/mol. The first-order valence-electron chi connectivity index (χ1n) is 9.34. The van der Waals surface area contributed by atoms with Crippen LogP contribution in [0.1, 0.15) is 11.1 Å². The number of phenolic OH excluding ortho intramolecular Hbond substituents is 1. The minimum absolute atomic E-state index is 0.113. The molecule has 0 aliphatic rings. The Morgan fingerprint density at radius 1 is 0.897 bits per heavy atom. The second-order valence-electron chi connectivity index (χ2n) is 7.07. The number of benzene rings is 3. The van der Waals surface area contributed by atoms with Crippen LogP contribution in [-0.4, -0.2) is 24.3 Å². The summed E-state index contributed by atoms with van der Waals surface area (Å²) in [4.78, 5) is 13.3. The number of aromatic nitrogens is 4. The number of rotatable bonds is 3. The first kappa shape index (κ1) is 17.2. The Bertz CT molecular complexity index is 1420. The number of para-hydroxylation sites is 2. The molecule has 2 heterocycles. The lowest BCUT2D eigenvalue weighted by Crippen LogP contribution is -2.24. The second kappa shape index (κ2) is 6.60. The Balaban J connectivity index is 1.84. The standard InChI is InChI=1S/C23H18N4O2/c1-15-10-12-16(13-11-15)14-26-22(29)17-6-2-4-8-19(17)27-21(24-25-23(26)27)18-7-3-5-9-20(18)28/h2-13,28H,14H2,1H3. The second-order valence-corrected chi connectivity index (χ2v) is 7.07. The average molecular weight is 382 g/mol. The van der Waals surface area contributed by atoms with E-state index in [1.54, 1.807) is 28.8 Å². The van der Waals surface area contributed by atoms with Gasteiger partial charge in [0, 0.05) is 0 Å². The summed E-state index contributed by atoms with van der Waals surface area (Å²) >= 11 is 0. The predicted molar refractivity (Wildman–Crippen MR) is 112 cm³/mol. The van der Waals surface area contributed by atoms with E-state index in [9.17, 15) is 9.90 Å². The number of fused-ring (bicyclic) bond motifs is 3. The van der Waals surface area contributed by atoms with Crippen LogP contribution in [0.2, 0.25) is 0 Å². The molecule has 3 aromatic carbocycles. The summed E-state index contributed by atoms with van der Waals surface area (Å²) < 4.78 is 3.46. The molecule has 29 heavy (non-hydrogen) atoms. The van der Waals surface area contributed by atoms with Gasteiger partial charge in [-0.3, -0.25) is 13.8 Å². The summed E-state index contributed by atoms with van der Waals surface area (Å²) in [7, 11) is 0. The van der Waals surface area contributed by atoms with Gasteiger partial charge in [-0.05, 0) is 36.8 Å². The molecule has 0 aliphatic carbocycles. The first-order valence-corrected chi connectivity index (χ1v) is 9.34. The van der Waals surface area contributed by atoms with Gasteiger partial charge in [0.05, 0.1) is 23.0 Å². The Labute approximate surface area is 166 Å². The lowest BCUT2D eigenvalue weighted by molar-refractivity contribution is 0.477. The SMILES string of the molecule is Cc1ccc(Cn2c(=O)c3ccccc3n3c(-c4ccccc4O)nnc23)cc1. The Morgan fingerprint density at radius 2 is 1.62 bits per heavy atom. The fourth-order valence-electron chi connectivity index (χ4n) is 3.61. The van der Waals surface area contributed by atoms with Crippen LogP contribution in [0.3, 0.4) is 0 Å². The third-order valence-corrected chi connectivity index (χ3v) is 5.11. The maximum absolute atomic E-state index is 13.3. The van der Waals surface area contributed by atoms with Gasteiger partial charge in [-0.15, -0.1) is 10.2 Å². The quantitative estimate of drug-likeness (QED) is 0.516. The Kier molecular flexibility index (Phi) is 3.91. The van der Waals surface area contributed by atoms with E-state index in [4.69, 9.17) is 0 Å². The molecule has 0 saturated heterocycles. The minimum Gasteiger partial charge on any atom is -0.507 e. The van der Waals surface area contributed by atoms with Crippen molar-refractivity contribution in [2.75, 3.05) is 0 Å². The van der Waals surface area contributed by atoms with Crippen LogP contribution in [0.25, 0.3) is 28.1 Å². The number of phenols is 1. The number of aromatic hydroxyl groups is 1. The Morgan fingerprint density at radius 3 is 2.41 bits per heavy atom. The fraction of sp³-hybridized carbons (Fsp3) is 0.0870. The number of nitrogens with zero attached hydrogens (tertiary/aromatic N) is 4. The third kappa shape index (κ3) is 2.77. The van der Waals surface area contributed by atoms with E-state index < -0.39 is 0 Å². The van der Waals surface area contributed by atoms with Crippen LogP contribution in [-0.2, 0) is 6.54 Å². The van der Waals surface area contributed by atoms with Crippen molar-refractivity contribution in [3.05, 3.63) is 94.3 Å². The van der Waals surface area contributed by atoms with E-state index >= 15 is 0 Å². The summed E-state index contributed by atoms with van der Waals surface area (Å²) in [5.41, 5.74) is 3.31.